The maximum Gasteiger partial charge on any atom is 0.319 e. The van der Waals surface area contributed by atoms with Gasteiger partial charge in [-0.25, -0.2) is 14.2 Å². The van der Waals surface area contributed by atoms with Gasteiger partial charge in [-0.05, 0) is 29.6 Å². The van der Waals surface area contributed by atoms with Crippen molar-refractivity contribution in [3.05, 3.63) is 70.8 Å². The number of anilines is 1. The Hall–Kier alpha value is -3.46. The Kier molecular flexibility index (Phi) is 6.75. The van der Waals surface area contributed by atoms with Gasteiger partial charge < -0.3 is 20.1 Å². The number of thiophene rings is 1. The predicted octanol–water partition coefficient (Wildman–Crippen LogP) is 4.50. The molecular formula is C20H18FN3O4S. The van der Waals surface area contributed by atoms with Crippen molar-refractivity contribution in [2.45, 2.75) is 12.5 Å². The molecule has 0 saturated carbocycles. The number of nitrogens with zero attached hydrogens (tertiary/aromatic N) is 1. The average Bonchev–Trinajstić information content (AvgIpc) is 3.24. The van der Waals surface area contributed by atoms with E-state index in [1.54, 1.807) is 18.2 Å². The molecule has 2 aromatic heterocycles. The minimum Gasteiger partial charge on any atom is -0.469 e. The number of rotatable bonds is 7. The number of aromatic nitrogens is 1. The first-order chi connectivity index (χ1) is 14.0. The molecule has 1 aromatic carbocycles. The lowest BCUT2D eigenvalue weighted by molar-refractivity contribution is -0.141. The van der Waals surface area contributed by atoms with Gasteiger partial charge in [-0.15, -0.1) is 11.3 Å². The van der Waals surface area contributed by atoms with Crippen LogP contribution < -0.4 is 15.4 Å². The topological polar surface area (TPSA) is 89.5 Å². The third kappa shape index (κ3) is 6.01. The smallest absolute Gasteiger partial charge is 0.319 e. The highest BCUT2D eigenvalue weighted by Crippen LogP contribution is 2.23. The van der Waals surface area contributed by atoms with Crippen LogP contribution in [0.15, 0.2) is 60.1 Å². The summed E-state index contributed by atoms with van der Waals surface area (Å²) in [6, 6.07) is 11.5. The van der Waals surface area contributed by atoms with Crippen molar-refractivity contribution in [2.24, 2.45) is 0 Å². The molecule has 0 fully saturated rings. The molecule has 0 bridgehead atoms. The second-order valence-electron chi connectivity index (χ2n) is 5.89. The van der Waals surface area contributed by atoms with Crippen LogP contribution in [-0.2, 0) is 9.53 Å². The van der Waals surface area contributed by atoms with E-state index in [4.69, 9.17) is 9.47 Å². The van der Waals surface area contributed by atoms with Crippen molar-refractivity contribution in [3.8, 4) is 11.6 Å². The van der Waals surface area contributed by atoms with Gasteiger partial charge in [0.15, 0.2) is 0 Å². The summed E-state index contributed by atoms with van der Waals surface area (Å²) < 4.78 is 23.4. The monoisotopic (exact) mass is 415 g/mol. The van der Waals surface area contributed by atoms with E-state index in [0.717, 1.165) is 4.88 Å². The third-order valence-electron chi connectivity index (χ3n) is 3.80. The molecule has 7 nitrogen and oxygen atoms in total. The number of pyridine rings is 1. The first-order valence-corrected chi connectivity index (χ1v) is 9.48. The number of nitrogens with one attached hydrogen (secondary N) is 2. The van der Waals surface area contributed by atoms with Gasteiger partial charge in [-0.3, -0.25) is 4.79 Å². The first kappa shape index (κ1) is 20.3. The van der Waals surface area contributed by atoms with Gasteiger partial charge in [0.05, 0.1) is 31.5 Å². The van der Waals surface area contributed by atoms with Crippen molar-refractivity contribution >= 4 is 29.0 Å². The molecule has 3 rings (SSSR count). The zero-order valence-electron chi connectivity index (χ0n) is 15.4. The van der Waals surface area contributed by atoms with Crippen LogP contribution >= 0.6 is 11.3 Å². The van der Waals surface area contributed by atoms with Crippen molar-refractivity contribution in [1.29, 1.82) is 0 Å². The van der Waals surface area contributed by atoms with E-state index in [0.29, 0.717) is 11.4 Å². The molecule has 150 valence electrons. The Bertz CT molecular complexity index is 964. The Balaban J connectivity index is 1.60. The van der Waals surface area contributed by atoms with Gasteiger partial charge in [0.25, 0.3) is 0 Å². The second-order valence-corrected chi connectivity index (χ2v) is 6.87. The van der Waals surface area contributed by atoms with Gasteiger partial charge in [-0.2, -0.15) is 0 Å². The predicted molar refractivity (Wildman–Crippen MR) is 107 cm³/mol. The molecule has 29 heavy (non-hydrogen) atoms. The number of benzene rings is 1. The zero-order valence-corrected chi connectivity index (χ0v) is 16.2. The van der Waals surface area contributed by atoms with E-state index in [-0.39, 0.29) is 12.3 Å². The number of carbonyl (C=O) groups excluding carboxylic acids is 2. The van der Waals surface area contributed by atoms with Crippen LogP contribution in [0.4, 0.5) is 14.9 Å². The quantitative estimate of drug-likeness (QED) is 0.555. The molecule has 0 aliphatic carbocycles. The fourth-order valence-corrected chi connectivity index (χ4v) is 3.23. The number of halogens is 1. The number of methoxy groups -OCH3 is 1. The first-order valence-electron chi connectivity index (χ1n) is 8.60. The number of carbonyl (C=O) groups is 2. The molecule has 3 aromatic rings. The number of amides is 2. The standard InChI is InChI=1S/C20H18FN3O4S/c1-27-19(25)11-16(17-6-3-9-29-17)24-20(26)23-14-7-8-18(22-12-14)28-15-5-2-4-13(21)10-15/h2-10,12,16H,11H2,1H3,(H2,23,24,26). The van der Waals surface area contributed by atoms with Crippen molar-refractivity contribution in [2.75, 3.05) is 12.4 Å². The highest BCUT2D eigenvalue weighted by molar-refractivity contribution is 7.10. The summed E-state index contributed by atoms with van der Waals surface area (Å²) >= 11 is 1.43. The van der Waals surface area contributed by atoms with Crippen molar-refractivity contribution in [1.82, 2.24) is 10.3 Å². The van der Waals surface area contributed by atoms with E-state index in [1.807, 2.05) is 17.5 Å². The molecule has 0 saturated heterocycles. The summed E-state index contributed by atoms with van der Waals surface area (Å²) in [6.07, 6.45) is 1.43. The van der Waals surface area contributed by atoms with Gasteiger partial charge in [-0.1, -0.05) is 12.1 Å². The van der Waals surface area contributed by atoms with Gasteiger partial charge >= 0.3 is 12.0 Å². The number of ether oxygens (including phenoxy) is 2. The van der Waals surface area contributed by atoms with Crippen LogP contribution in [-0.4, -0.2) is 24.1 Å². The number of esters is 1. The number of hydrogen-bond acceptors (Lipinski definition) is 6. The van der Waals surface area contributed by atoms with E-state index in [1.165, 1.54) is 42.8 Å². The molecule has 9 heteroatoms. The van der Waals surface area contributed by atoms with Crippen LogP contribution in [0.25, 0.3) is 0 Å². The Labute approximate surface area is 170 Å². The van der Waals surface area contributed by atoms with Crippen LogP contribution in [0.2, 0.25) is 0 Å². The lowest BCUT2D eigenvalue weighted by atomic mass is 10.2. The summed E-state index contributed by atoms with van der Waals surface area (Å²) in [6.45, 7) is 0. The van der Waals surface area contributed by atoms with Gasteiger partial charge in [0, 0.05) is 17.0 Å². The van der Waals surface area contributed by atoms with Gasteiger partial charge in [0.1, 0.15) is 11.6 Å². The lowest BCUT2D eigenvalue weighted by Gasteiger charge is -2.17. The van der Waals surface area contributed by atoms with Crippen LogP contribution in [0.3, 0.4) is 0 Å². The molecular weight excluding hydrogens is 397 g/mol. The molecule has 0 aliphatic rings. The SMILES string of the molecule is COC(=O)CC(NC(=O)Nc1ccc(Oc2cccc(F)c2)nc1)c1cccs1. The van der Waals surface area contributed by atoms with E-state index >= 15 is 0 Å². The summed E-state index contributed by atoms with van der Waals surface area (Å²) in [4.78, 5) is 28.9. The molecule has 1 unspecified atom stereocenters. The highest BCUT2D eigenvalue weighted by Gasteiger charge is 2.20. The summed E-state index contributed by atoms with van der Waals surface area (Å²) in [7, 11) is 1.30. The highest BCUT2D eigenvalue weighted by atomic mass is 32.1. The minimum absolute atomic E-state index is 0.0170. The molecule has 1 atom stereocenters. The third-order valence-corrected chi connectivity index (χ3v) is 4.79. The number of hydrogen-bond donors (Lipinski definition) is 2. The molecule has 2 N–H and O–H groups in total. The largest absolute Gasteiger partial charge is 0.469 e. The molecule has 2 heterocycles. The summed E-state index contributed by atoms with van der Waals surface area (Å²) in [5.74, 6) is -0.268. The molecule has 0 aliphatic heterocycles. The van der Waals surface area contributed by atoms with E-state index in [9.17, 15) is 14.0 Å². The fraction of sp³-hybridized carbons (Fsp3) is 0.150. The molecule has 0 spiro atoms. The van der Waals surface area contributed by atoms with Crippen LogP contribution in [0, 0.1) is 5.82 Å². The average molecular weight is 415 g/mol. The number of urea groups is 1. The Morgan fingerprint density at radius 1 is 1.21 bits per heavy atom. The van der Waals surface area contributed by atoms with Crippen LogP contribution in [0.1, 0.15) is 17.3 Å². The lowest BCUT2D eigenvalue weighted by Crippen LogP contribution is -2.33. The maximum atomic E-state index is 13.2. The molecule has 0 radical (unpaired) electrons. The van der Waals surface area contributed by atoms with Gasteiger partial charge in [0.2, 0.25) is 5.88 Å². The van der Waals surface area contributed by atoms with Crippen molar-refractivity contribution < 1.29 is 23.5 Å². The zero-order chi connectivity index (χ0) is 20.6. The van der Waals surface area contributed by atoms with Crippen molar-refractivity contribution in [3.63, 3.8) is 0 Å². The van der Waals surface area contributed by atoms with E-state index < -0.39 is 23.9 Å². The van der Waals surface area contributed by atoms with Crippen LogP contribution in [0.5, 0.6) is 11.6 Å². The molecule has 2 amide bonds. The Morgan fingerprint density at radius 2 is 2.07 bits per heavy atom. The fourth-order valence-electron chi connectivity index (χ4n) is 2.45. The Morgan fingerprint density at radius 3 is 2.72 bits per heavy atom. The van der Waals surface area contributed by atoms with E-state index in [2.05, 4.69) is 15.6 Å². The maximum absolute atomic E-state index is 13.2. The normalized spacial score (nSPS) is 11.4. The minimum atomic E-state index is -0.508. The second kappa shape index (κ2) is 9.65. The summed E-state index contributed by atoms with van der Waals surface area (Å²) in [5, 5.41) is 7.26. The summed E-state index contributed by atoms with van der Waals surface area (Å²) in [5.41, 5.74) is 0.428.